The van der Waals surface area contributed by atoms with E-state index >= 15 is 0 Å². The second-order valence-corrected chi connectivity index (χ2v) is 3.95. The molecule has 0 radical (unpaired) electrons. The molecular weight excluding hydrogens is 216 g/mol. The summed E-state index contributed by atoms with van der Waals surface area (Å²) in [6.07, 6.45) is 0. The van der Waals surface area contributed by atoms with Crippen LogP contribution in [0.5, 0.6) is 0 Å². The van der Waals surface area contributed by atoms with E-state index in [0.717, 1.165) is 22.3 Å². The third-order valence-electron chi connectivity index (χ3n) is 2.58. The average molecular weight is 230 g/mol. The molecule has 1 aromatic rings. The quantitative estimate of drug-likeness (QED) is 0.419. The molecule has 1 unspecified atom stereocenters. The number of hydrogen-bond donors (Lipinski definition) is 0. The molecule has 17 heavy (non-hydrogen) atoms. The Morgan fingerprint density at radius 1 is 1.12 bits per heavy atom. The van der Waals surface area contributed by atoms with Crippen LogP contribution in [0.1, 0.15) is 28.3 Å². The molecule has 0 aliphatic rings. The van der Waals surface area contributed by atoms with E-state index in [1.165, 1.54) is 0 Å². The van der Waals surface area contributed by atoms with Crippen LogP contribution in [0.3, 0.4) is 0 Å². The van der Waals surface area contributed by atoms with Crippen LogP contribution in [0.25, 0.3) is 20.9 Å². The third kappa shape index (κ3) is 3.14. The Kier molecular flexibility index (Phi) is 4.40. The van der Waals surface area contributed by atoms with Crippen LogP contribution in [-0.2, 0) is 0 Å². The van der Waals surface area contributed by atoms with Crippen LogP contribution in [0.2, 0.25) is 0 Å². The number of nitrogens with zero attached hydrogens (tertiary/aromatic N) is 6. The number of benzene rings is 1. The van der Waals surface area contributed by atoms with Crippen LogP contribution >= 0.6 is 0 Å². The smallest absolute Gasteiger partial charge is 0.0686 e. The summed E-state index contributed by atoms with van der Waals surface area (Å²) in [6.45, 7) is 6.09. The second-order valence-electron chi connectivity index (χ2n) is 3.95. The average Bonchev–Trinajstić information content (AvgIpc) is 2.24. The maximum atomic E-state index is 8.56. The number of azide groups is 2. The first-order valence-electron chi connectivity index (χ1n) is 5.23. The molecule has 1 rings (SSSR count). The summed E-state index contributed by atoms with van der Waals surface area (Å²) < 4.78 is 0. The maximum absolute atomic E-state index is 8.56. The van der Waals surface area contributed by atoms with Crippen molar-refractivity contribution in [3.05, 3.63) is 55.3 Å². The van der Waals surface area contributed by atoms with Gasteiger partial charge in [0.2, 0.25) is 0 Å². The van der Waals surface area contributed by atoms with Crippen LogP contribution in [0.15, 0.2) is 22.4 Å². The highest BCUT2D eigenvalue weighted by atomic mass is 15.2. The summed E-state index contributed by atoms with van der Waals surface area (Å²) >= 11 is 0. The van der Waals surface area contributed by atoms with E-state index in [0.29, 0.717) is 0 Å². The van der Waals surface area contributed by atoms with Crippen molar-refractivity contribution in [1.82, 2.24) is 0 Å². The highest BCUT2D eigenvalue weighted by molar-refractivity contribution is 5.40. The van der Waals surface area contributed by atoms with E-state index in [9.17, 15) is 0 Å². The lowest BCUT2D eigenvalue weighted by molar-refractivity contribution is 0.716. The number of hydrogen-bond acceptors (Lipinski definition) is 2. The van der Waals surface area contributed by atoms with Gasteiger partial charge in [0.15, 0.2) is 0 Å². The lowest BCUT2D eigenvalue weighted by atomic mass is 9.94. The Morgan fingerprint density at radius 3 is 2.18 bits per heavy atom. The van der Waals surface area contributed by atoms with Crippen LogP contribution in [0.4, 0.5) is 0 Å². The van der Waals surface area contributed by atoms with Gasteiger partial charge in [0.25, 0.3) is 0 Å². The van der Waals surface area contributed by atoms with Gasteiger partial charge in [-0.25, -0.2) is 0 Å². The molecule has 0 saturated heterocycles. The summed E-state index contributed by atoms with van der Waals surface area (Å²) in [5.41, 5.74) is 21.1. The molecule has 0 N–H and O–H groups in total. The maximum Gasteiger partial charge on any atom is 0.0686 e. The highest BCUT2D eigenvalue weighted by Gasteiger charge is 2.14. The van der Waals surface area contributed by atoms with Crippen LogP contribution in [0, 0.1) is 20.8 Å². The zero-order valence-electron chi connectivity index (χ0n) is 10.1. The first kappa shape index (κ1) is 12.9. The molecule has 0 heterocycles. The monoisotopic (exact) mass is 230 g/mol. The van der Waals surface area contributed by atoms with Gasteiger partial charge >= 0.3 is 0 Å². The van der Waals surface area contributed by atoms with Crippen LogP contribution < -0.4 is 0 Å². The lowest BCUT2D eigenvalue weighted by Crippen LogP contribution is -2.04. The predicted molar refractivity (Wildman–Crippen MR) is 66.6 cm³/mol. The fourth-order valence-corrected chi connectivity index (χ4v) is 2.08. The Bertz CT molecular complexity index is 486. The predicted octanol–water partition coefficient (Wildman–Crippen LogP) is 4.27. The molecule has 6 nitrogen and oxygen atoms in total. The van der Waals surface area contributed by atoms with Gasteiger partial charge < -0.3 is 0 Å². The fraction of sp³-hybridized carbons (Fsp3) is 0.455. The van der Waals surface area contributed by atoms with Crippen LogP contribution in [-0.4, -0.2) is 6.54 Å². The normalized spacial score (nSPS) is 11.2. The molecule has 0 amide bonds. The topological polar surface area (TPSA) is 97.5 Å². The van der Waals surface area contributed by atoms with Gasteiger partial charge in [0, 0.05) is 16.4 Å². The van der Waals surface area contributed by atoms with Gasteiger partial charge in [-0.05, 0) is 48.5 Å². The Morgan fingerprint density at radius 2 is 1.71 bits per heavy atom. The minimum absolute atomic E-state index is 0.144. The molecular formula is C11H14N6. The van der Waals surface area contributed by atoms with E-state index in [2.05, 4.69) is 20.1 Å². The van der Waals surface area contributed by atoms with E-state index in [4.69, 9.17) is 11.1 Å². The SMILES string of the molecule is Cc1cc(C)c(C(CN=[N+]=[N-])N=[N+]=[N-])c(C)c1. The molecule has 0 saturated carbocycles. The van der Waals surface area contributed by atoms with Crippen molar-refractivity contribution in [2.45, 2.75) is 26.8 Å². The van der Waals surface area contributed by atoms with E-state index in [1.54, 1.807) is 0 Å². The minimum Gasteiger partial charge on any atom is -0.0932 e. The van der Waals surface area contributed by atoms with E-state index < -0.39 is 6.04 Å². The van der Waals surface area contributed by atoms with Crippen molar-refractivity contribution in [3.63, 3.8) is 0 Å². The largest absolute Gasteiger partial charge is 0.0932 e. The Hall–Kier alpha value is -2.16. The standard InChI is InChI=1S/C11H14N6/c1-7-4-8(2)11(9(3)5-7)10(15-17-13)6-14-16-12/h4-5,10H,6H2,1-3H3. The zero-order valence-corrected chi connectivity index (χ0v) is 10.1. The highest BCUT2D eigenvalue weighted by Crippen LogP contribution is 2.26. The first-order valence-corrected chi connectivity index (χ1v) is 5.23. The molecule has 0 spiro atoms. The zero-order chi connectivity index (χ0) is 12.8. The van der Waals surface area contributed by atoms with E-state index in [1.807, 2.05) is 32.9 Å². The van der Waals surface area contributed by atoms with Crippen molar-refractivity contribution >= 4 is 0 Å². The van der Waals surface area contributed by atoms with Gasteiger partial charge in [0.05, 0.1) is 6.04 Å². The van der Waals surface area contributed by atoms with Crippen molar-refractivity contribution in [1.29, 1.82) is 0 Å². The molecule has 1 atom stereocenters. The van der Waals surface area contributed by atoms with E-state index in [-0.39, 0.29) is 6.54 Å². The van der Waals surface area contributed by atoms with Crippen molar-refractivity contribution in [3.8, 4) is 0 Å². The summed E-state index contributed by atoms with van der Waals surface area (Å²) in [4.78, 5) is 5.51. The lowest BCUT2D eigenvalue weighted by Gasteiger charge is -2.16. The van der Waals surface area contributed by atoms with Crippen molar-refractivity contribution < 1.29 is 0 Å². The van der Waals surface area contributed by atoms with Gasteiger partial charge in [-0.1, -0.05) is 27.9 Å². The van der Waals surface area contributed by atoms with Gasteiger partial charge in [-0.3, -0.25) is 0 Å². The van der Waals surface area contributed by atoms with Crippen molar-refractivity contribution in [2.75, 3.05) is 6.54 Å². The summed E-state index contributed by atoms with van der Waals surface area (Å²) in [5, 5.41) is 7.19. The summed E-state index contributed by atoms with van der Waals surface area (Å²) in [6, 6.07) is 3.62. The number of rotatable bonds is 4. The molecule has 0 aliphatic heterocycles. The first-order chi connectivity index (χ1) is 8.10. The molecule has 6 heteroatoms. The molecule has 0 aliphatic carbocycles. The fourth-order valence-electron chi connectivity index (χ4n) is 2.08. The Labute approximate surface area is 99.5 Å². The Balaban J connectivity index is 3.26. The van der Waals surface area contributed by atoms with Gasteiger partial charge in [-0.15, -0.1) is 0 Å². The summed E-state index contributed by atoms with van der Waals surface area (Å²) in [7, 11) is 0. The van der Waals surface area contributed by atoms with Gasteiger partial charge in [-0.2, -0.15) is 0 Å². The molecule has 88 valence electrons. The van der Waals surface area contributed by atoms with Gasteiger partial charge in [0.1, 0.15) is 0 Å². The number of aryl methyl sites for hydroxylation is 3. The third-order valence-corrected chi connectivity index (χ3v) is 2.58. The summed E-state index contributed by atoms with van der Waals surface area (Å²) in [5.74, 6) is 0. The molecule has 1 aromatic carbocycles. The molecule has 0 fully saturated rings. The minimum atomic E-state index is -0.434. The van der Waals surface area contributed by atoms with Crippen molar-refractivity contribution in [2.24, 2.45) is 10.2 Å². The second kappa shape index (κ2) is 5.80. The molecule has 0 bridgehead atoms. The molecule has 0 aromatic heterocycles.